The fraction of sp³-hybridized carbons (Fsp3) is 0.833. The summed E-state index contributed by atoms with van der Waals surface area (Å²) in [6.45, 7) is 1.35. The standard InChI is InChI=1S/C12H20N2O3/c15-11(17-9-4-2-1-3-5-9)8-10-12(16)14-7-6-13-10/h9-10,13H,1-8H2,(H,14,16). The first kappa shape index (κ1) is 12.4. The van der Waals surface area contributed by atoms with Crippen LogP contribution in [0, 0.1) is 0 Å². The first-order chi connectivity index (χ1) is 8.25. The Bertz CT molecular complexity index is 287. The lowest BCUT2D eigenvalue weighted by Gasteiger charge is -2.25. The van der Waals surface area contributed by atoms with Crippen molar-refractivity contribution in [2.24, 2.45) is 0 Å². The van der Waals surface area contributed by atoms with Crippen LogP contribution in [0.15, 0.2) is 0 Å². The van der Waals surface area contributed by atoms with E-state index in [9.17, 15) is 9.59 Å². The smallest absolute Gasteiger partial charge is 0.308 e. The molecule has 5 nitrogen and oxygen atoms in total. The maximum absolute atomic E-state index is 11.7. The van der Waals surface area contributed by atoms with Gasteiger partial charge >= 0.3 is 5.97 Å². The van der Waals surface area contributed by atoms with Gasteiger partial charge in [0.2, 0.25) is 5.91 Å². The van der Waals surface area contributed by atoms with Crippen molar-refractivity contribution in [1.29, 1.82) is 0 Å². The van der Waals surface area contributed by atoms with E-state index in [1.165, 1.54) is 6.42 Å². The lowest BCUT2D eigenvalue weighted by molar-refractivity contribution is -0.152. The zero-order valence-corrected chi connectivity index (χ0v) is 10.0. The highest BCUT2D eigenvalue weighted by molar-refractivity contribution is 5.87. The van der Waals surface area contributed by atoms with Gasteiger partial charge < -0.3 is 15.4 Å². The number of carbonyl (C=O) groups excluding carboxylic acids is 2. The van der Waals surface area contributed by atoms with Crippen molar-refractivity contribution in [3.63, 3.8) is 0 Å². The molecule has 1 heterocycles. The lowest BCUT2D eigenvalue weighted by atomic mass is 9.98. The Morgan fingerprint density at radius 3 is 2.71 bits per heavy atom. The molecular formula is C12H20N2O3. The van der Waals surface area contributed by atoms with Crippen LogP contribution in [-0.4, -0.2) is 37.1 Å². The van der Waals surface area contributed by atoms with Gasteiger partial charge in [-0.15, -0.1) is 0 Å². The van der Waals surface area contributed by atoms with E-state index in [1.54, 1.807) is 0 Å². The summed E-state index contributed by atoms with van der Waals surface area (Å²) in [5.41, 5.74) is 0. The van der Waals surface area contributed by atoms with Crippen molar-refractivity contribution < 1.29 is 14.3 Å². The Labute approximate surface area is 101 Å². The zero-order valence-electron chi connectivity index (χ0n) is 10.0. The van der Waals surface area contributed by atoms with E-state index in [0.29, 0.717) is 13.1 Å². The SMILES string of the molecule is O=C(CC1NCCNC1=O)OC1CCCCC1. The van der Waals surface area contributed by atoms with Crippen LogP contribution in [0.2, 0.25) is 0 Å². The van der Waals surface area contributed by atoms with E-state index >= 15 is 0 Å². The molecule has 96 valence electrons. The molecular weight excluding hydrogens is 220 g/mol. The van der Waals surface area contributed by atoms with Gasteiger partial charge in [0.05, 0.1) is 12.5 Å². The van der Waals surface area contributed by atoms with Gasteiger partial charge in [0.1, 0.15) is 6.10 Å². The van der Waals surface area contributed by atoms with Crippen molar-refractivity contribution in [1.82, 2.24) is 10.6 Å². The molecule has 0 aromatic rings. The molecule has 0 bridgehead atoms. The molecule has 1 amide bonds. The maximum atomic E-state index is 11.7. The summed E-state index contributed by atoms with van der Waals surface area (Å²) < 4.78 is 5.38. The molecule has 0 aromatic carbocycles. The van der Waals surface area contributed by atoms with Crippen molar-refractivity contribution in [2.75, 3.05) is 13.1 Å². The summed E-state index contributed by atoms with van der Waals surface area (Å²) >= 11 is 0. The number of amides is 1. The van der Waals surface area contributed by atoms with Gasteiger partial charge in [0, 0.05) is 13.1 Å². The fourth-order valence-corrected chi connectivity index (χ4v) is 2.40. The molecule has 17 heavy (non-hydrogen) atoms. The molecule has 2 aliphatic rings. The number of hydrogen-bond donors (Lipinski definition) is 2. The Morgan fingerprint density at radius 2 is 2.00 bits per heavy atom. The number of ether oxygens (including phenoxy) is 1. The molecule has 1 atom stereocenters. The second-order valence-corrected chi connectivity index (χ2v) is 4.75. The third kappa shape index (κ3) is 3.70. The molecule has 0 spiro atoms. The first-order valence-corrected chi connectivity index (χ1v) is 6.46. The number of carbonyl (C=O) groups is 2. The second-order valence-electron chi connectivity index (χ2n) is 4.75. The second kappa shape index (κ2) is 6.00. The average molecular weight is 240 g/mol. The highest BCUT2D eigenvalue weighted by atomic mass is 16.5. The first-order valence-electron chi connectivity index (χ1n) is 6.46. The largest absolute Gasteiger partial charge is 0.462 e. The van der Waals surface area contributed by atoms with Crippen molar-refractivity contribution in [3.05, 3.63) is 0 Å². The highest BCUT2D eigenvalue weighted by Gasteiger charge is 2.26. The van der Waals surface area contributed by atoms with E-state index in [1.807, 2.05) is 0 Å². The number of nitrogens with one attached hydrogen (secondary N) is 2. The van der Waals surface area contributed by atoms with Gasteiger partial charge in [-0.2, -0.15) is 0 Å². The van der Waals surface area contributed by atoms with Crippen LogP contribution < -0.4 is 10.6 Å². The normalized spacial score (nSPS) is 26.4. The minimum absolute atomic E-state index is 0.0721. The highest BCUT2D eigenvalue weighted by Crippen LogP contribution is 2.20. The molecule has 1 aliphatic carbocycles. The zero-order chi connectivity index (χ0) is 12.1. The van der Waals surface area contributed by atoms with Gasteiger partial charge in [0.25, 0.3) is 0 Å². The quantitative estimate of drug-likeness (QED) is 0.698. The van der Waals surface area contributed by atoms with Crippen LogP contribution in [0.4, 0.5) is 0 Å². The van der Waals surface area contributed by atoms with E-state index in [-0.39, 0.29) is 24.4 Å². The monoisotopic (exact) mass is 240 g/mol. The molecule has 0 radical (unpaired) electrons. The summed E-state index contributed by atoms with van der Waals surface area (Å²) in [7, 11) is 0. The number of piperazine rings is 1. The summed E-state index contributed by atoms with van der Waals surface area (Å²) in [5, 5.41) is 5.76. The molecule has 1 saturated heterocycles. The summed E-state index contributed by atoms with van der Waals surface area (Å²) in [6, 6.07) is -0.417. The minimum atomic E-state index is -0.417. The van der Waals surface area contributed by atoms with Crippen LogP contribution >= 0.6 is 0 Å². The molecule has 1 saturated carbocycles. The van der Waals surface area contributed by atoms with E-state index in [0.717, 1.165) is 25.7 Å². The molecule has 2 fully saturated rings. The fourth-order valence-electron chi connectivity index (χ4n) is 2.40. The number of rotatable bonds is 3. The predicted octanol–water partition coefficient (Wildman–Crippen LogP) is 0.340. The topological polar surface area (TPSA) is 67.4 Å². The summed E-state index contributed by atoms with van der Waals surface area (Å²) in [6.07, 6.45) is 5.66. The lowest BCUT2D eigenvalue weighted by Crippen LogP contribution is -2.53. The Morgan fingerprint density at radius 1 is 1.24 bits per heavy atom. The third-order valence-corrected chi connectivity index (χ3v) is 3.35. The van der Waals surface area contributed by atoms with E-state index < -0.39 is 6.04 Å². The van der Waals surface area contributed by atoms with Gasteiger partial charge in [-0.25, -0.2) is 0 Å². The third-order valence-electron chi connectivity index (χ3n) is 3.35. The van der Waals surface area contributed by atoms with Crippen molar-refractivity contribution in [3.8, 4) is 0 Å². The summed E-state index contributed by atoms with van der Waals surface area (Å²) in [5.74, 6) is -0.358. The average Bonchev–Trinajstić information content (AvgIpc) is 2.33. The van der Waals surface area contributed by atoms with Crippen LogP contribution in [0.25, 0.3) is 0 Å². The molecule has 2 N–H and O–H groups in total. The van der Waals surface area contributed by atoms with E-state index in [4.69, 9.17) is 4.74 Å². The Balaban J connectivity index is 1.74. The maximum Gasteiger partial charge on any atom is 0.308 e. The molecule has 5 heteroatoms. The number of esters is 1. The minimum Gasteiger partial charge on any atom is -0.462 e. The van der Waals surface area contributed by atoms with E-state index in [2.05, 4.69) is 10.6 Å². The van der Waals surface area contributed by atoms with Gasteiger partial charge in [0.15, 0.2) is 0 Å². The van der Waals surface area contributed by atoms with Crippen LogP contribution in [0.1, 0.15) is 38.5 Å². The van der Waals surface area contributed by atoms with Gasteiger partial charge in [-0.1, -0.05) is 6.42 Å². The molecule has 1 aliphatic heterocycles. The van der Waals surface area contributed by atoms with Crippen LogP contribution in [0.5, 0.6) is 0 Å². The molecule has 1 unspecified atom stereocenters. The molecule has 0 aromatic heterocycles. The van der Waals surface area contributed by atoms with Crippen LogP contribution in [0.3, 0.4) is 0 Å². The van der Waals surface area contributed by atoms with Crippen molar-refractivity contribution in [2.45, 2.75) is 50.7 Å². The van der Waals surface area contributed by atoms with Crippen LogP contribution in [-0.2, 0) is 14.3 Å². The Kier molecular flexibility index (Phi) is 4.36. The summed E-state index contributed by atoms with van der Waals surface area (Å²) in [4.78, 5) is 23.1. The van der Waals surface area contributed by atoms with Gasteiger partial charge in [-0.3, -0.25) is 9.59 Å². The predicted molar refractivity (Wildman–Crippen MR) is 62.4 cm³/mol. The van der Waals surface area contributed by atoms with Gasteiger partial charge in [-0.05, 0) is 25.7 Å². The number of hydrogen-bond acceptors (Lipinski definition) is 4. The molecule has 2 rings (SSSR count). The Hall–Kier alpha value is -1.10. The van der Waals surface area contributed by atoms with Crippen molar-refractivity contribution >= 4 is 11.9 Å².